The highest BCUT2D eigenvalue weighted by Gasteiger charge is 2.13. The van der Waals surface area contributed by atoms with Crippen molar-refractivity contribution in [2.45, 2.75) is 32.3 Å². The van der Waals surface area contributed by atoms with Crippen LogP contribution in [0.3, 0.4) is 0 Å². The fourth-order valence-electron chi connectivity index (χ4n) is 2.38. The lowest BCUT2D eigenvalue weighted by Gasteiger charge is -2.22. The first-order valence-electron chi connectivity index (χ1n) is 6.81. The lowest BCUT2D eigenvalue weighted by atomic mass is 10.1. The molecule has 19 heavy (non-hydrogen) atoms. The average molecular weight is 261 g/mol. The summed E-state index contributed by atoms with van der Waals surface area (Å²) in [6.07, 6.45) is 5.14. The lowest BCUT2D eigenvalue weighted by Crippen LogP contribution is -2.32. The van der Waals surface area contributed by atoms with Crippen LogP contribution in [0.15, 0.2) is 12.4 Å². The van der Waals surface area contributed by atoms with Crippen LogP contribution in [0.4, 0.5) is 0 Å². The van der Waals surface area contributed by atoms with Crippen molar-refractivity contribution in [1.29, 1.82) is 0 Å². The van der Waals surface area contributed by atoms with Crippen molar-refractivity contribution >= 4 is 5.65 Å². The molecule has 0 unspecified atom stereocenters. The van der Waals surface area contributed by atoms with E-state index < -0.39 is 0 Å². The number of ether oxygens (including phenoxy) is 1. The Labute approximate surface area is 112 Å². The SMILES string of the molecule is Cc1cc2nnc(CCOC3CCNCC3)n2cn1. The molecule has 0 spiro atoms. The Morgan fingerprint density at radius 2 is 2.21 bits per heavy atom. The molecule has 1 fully saturated rings. The minimum atomic E-state index is 0.390. The zero-order valence-electron chi connectivity index (χ0n) is 11.2. The fourth-order valence-corrected chi connectivity index (χ4v) is 2.38. The Morgan fingerprint density at radius 3 is 3.05 bits per heavy atom. The van der Waals surface area contributed by atoms with Gasteiger partial charge in [-0.25, -0.2) is 4.98 Å². The molecule has 1 saturated heterocycles. The summed E-state index contributed by atoms with van der Waals surface area (Å²) in [4.78, 5) is 4.27. The maximum atomic E-state index is 5.89. The number of rotatable bonds is 4. The van der Waals surface area contributed by atoms with Crippen LogP contribution >= 0.6 is 0 Å². The summed E-state index contributed by atoms with van der Waals surface area (Å²) in [5.41, 5.74) is 1.81. The van der Waals surface area contributed by atoms with Crippen molar-refractivity contribution in [2.75, 3.05) is 19.7 Å². The van der Waals surface area contributed by atoms with Gasteiger partial charge in [-0.15, -0.1) is 10.2 Å². The second kappa shape index (κ2) is 5.63. The highest BCUT2D eigenvalue weighted by Crippen LogP contribution is 2.09. The van der Waals surface area contributed by atoms with Crippen molar-refractivity contribution in [1.82, 2.24) is 24.9 Å². The van der Waals surface area contributed by atoms with Gasteiger partial charge in [-0.05, 0) is 32.9 Å². The molecule has 0 bridgehead atoms. The van der Waals surface area contributed by atoms with Gasteiger partial charge < -0.3 is 10.1 Å². The minimum Gasteiger partial charge on any atom is -0.378 e. The zero-order chi connectivity index (χ0) is 13.1. The number of fused-ring (bicyclic) bond motifs is 1. The Balaban J connectivity index is 1.59. The number of aromatic nitrogens is 4. The third kappa shape index (κ3) is 2.90. The number of hydrogen-bond donors (Lipinski definition) is 1. The molecule has 1 aliphatic rings. The van der Waals surface area contributed by atoms with Crippen molar-refractivity contribution in [2.24, 2.45) is 0 Å². The van der Waals surface area contributed by atoms with Gasteiger partial charge in [0.2, 0.25) is 0 Å². The monoisotopic (exact) mass is 261 g/mol. The van der Waals surface area contributed by atoms with Gasteiger partial charge in [-0.3, -0.25) is 4.40 Å². The number of nitrogens with zero attached hydrogens (tertiary/aromatic N) is 4. The third-order valence-corrected chi connectivity index (χ3v) is 3.47. The molecule has 3 heterocycles. The van der Waals surface area contributed by atoms with E-state index in [2.05, 4.69) is 20.5 Å². The van der Waals surface area contributed by atoms with E-state index in [1.54, 1.807) is 6.33 Å². The molecule has 6 heteroatoms. The van der Waals surface area contributed by atoms with Crippen LogP contribution in [0.25, 0.3) is 5.65 Å². The largest absolute Gasteiger partial charge is 0.378 e. The Hall–Kier alpha value is -1.53. The Bertz CT molecular complexity index is 547. The molecule has 0 radical (unpaired) electrons. The second-order valence-corrected chi connectivity index (χ2v) is 4.94. The van der Waals surface area contributed by atoms with Crippen molar-refractivity contribution < 1.29 is 4.74 Å². The summed E-state index contributed by atoms with van der Waals surface area (Å²) in [5.74, 6) is 0.913. The van der Waals surface area contributed by atoms with E-state index in [-0.39, 0.29) is 0 Å². The van der Waals surface area contributed by atoms with Crippen molar-refractivity contribution in [3.8, 4) is 0 Å². The van der Waals surface area contributed by atoms with Crippen LogP contribution in [0.1, 0.15) is 24.4 Å². The standard InChI is InChI=1S/C13H19N5O/c1-10-8-13-17-16-12(18(13)9-15-10)4-7-19-11-2-5-14-6-3-11/h8-9,11,14H,2-7H2,1H3. The molecule has 1 aliphatic heterocycles. The van der Waals surface area contributed by atoms with Gasteiger partial charge in [0.25, 0.3) is 0 Å². The quantitative estimate of drug-likeness (QED) is 0.879. The van der Waals surface area contributed by atoms with Crippen LogP contribution in [0, 0.1) is 6.92 Å². The lowest BCUT2D eigenvalue weighted by molar-refractivity contribution is 0.0341. The molecule has 102 valence electrons. The molecule has 2 aromatic heterocycles. The molecule has 0 saturated carbocycles. The van der Waals surface area contributed by atoms with E-state index in [1.807, 2.05) is 17.4 Å². The molecular weight excluding hydrogens is 242 g/mol. The maximum Gasteiger partial charge on any atom is 0.163 e. The third-order valence-electron chi connectivity index (χ3n) is 3.47. The highest BCUT2D eigenvalue weighted by atomic mass is 16.5. The molecule has 0 amide bonds. The van der Waals surface area contributed by atoms with Gasteiger partial charge in [-0.2, -0.15) is 0 Å². The minimum absolute atomic E-state index is 0.390. The summed E-state index contributed by atoms with van der Waals surface area (Å²) < 4.78 is 7.82. The topological polar surface area (TPSA) is 64.3 Å². The van der Waals surface area contributed by atoms with E-state index in [1.165, 1.54) is 0 Å². The summed E-state index contributed by atoms with van der Waals surface area (Å²) in [6.45, 7) is 4.76. The van der Waals surface area contributed by atoms with Crippen molar-refractivity contribution in [3.63, 3.8) is 0 Å². The van der Waals surface area contributed by atoms with E-state index in [0.29, 0.717) is 12.7 Å². The first-order chi connectivity index (χ1) is 9.33. The maximum absolute atomic E-state index is 5.89. The van der Waals surface area contributed by atoms with Crippen LogP contribution in [0.5, 0.6) is 0 Å². The average Bonchev–Trinajstić information content (AvgIpc) is 2.82. The first-order valence-corrected chi connectivity index (χ1v) is 6.81. The van der Waals surface area contributed by atoms with Crippen LogP contribution in [0.2, 0.25) is 0 Å². The van der Waals surface area contributed by atoms with Crippen molar-refractivity contribution in [3.05, 3.63) is 23.9 Å². The van der Waals surface area contributed by atoms with Crippen LogP contribution < -0.4 is 5.32 Å². The fraction of sp³-hybridized carbons (Fsp3) is 0.615. The second-order valence-electron chi connectivity index (χ2n) is 4.94. The molecule has 0 atom stereocenters. The number of nitrogens with one attached hydrogen (secondary N) is 1. The molecule has 0 aromatic carbocycles. The Kier molecular flexibility index (Phi) is 3.70. The van der Waals surface area contributed by atoms with E-state index in [0.717, 1.165) is 49.5 Å². The van der Waals surface area contributed by atoms with E-state index in [4.69, 9.17) is 4.74 Å². The molecule has 3 rings (SSSR count). The van der Waals surface area contributed by atoms with E-state index >= 15 is 0 Å². The Morgan fingerprint density at radius 1 is 1.37 bits per heavy atom. The van der Waals surface area contributed by atoms with Crippen LogP contribution in [-0.4, -0.2) is 45.4 Å². The predicted molar refractivity (Wildman–Crippen MR) is 71.1 cm³/mol. The van der Waals surface area contributed by atoms with Gasteiger partial charge in [0.05, 0.1) is 12.7 Å². The van der Waals surface area contributed by atoms with E-state index in [9.17, 15) is 0 Å². The number of piperidine rings is 1. The normalized spacial score (nSPS) is 17.1. The summed E-state index contributed by atoms with van der Waals surface area (Å²) in [5, 5.41) is 11.7. The molecule has 2 aromatic rings. The van der Waals surface area contributed by atoms with Gasteiger partial charge in [-0.1, -0.05) is 0 Å². The van der Waals surface area contributed by atoms with Gasteiger partial charge in [0.1, 0.15) is 12.2 Å². The highest BCUT2D eigenvalue weighted by molar-refractivity contribution is 5.37. The molecule has 0 aliphatic carbocycles. The first kappa shape index (κ1) is 12.5. The van der Waals surface area contributed by atoms with Crippen LogP contribution in [-0.2, 0) is 11.2 Å². The molecular formula is C13H19N5O. The number of hydrogen-bond acceptors (Lipinski definition) is 5. The summed E-state index contributed by atoms with van der Waals surface area (Å²) in [7, 11) is 0. The molecule has 6 nitrogen and oxygen atoms in total. The zero-order valence-corrected chi connectivity index (χ0v) is 11.2. The van der Waals surface area contributed by atoms with Gasteiger partial charge in [0.15, 0.2) is 5.65 Å². The van der Waals surface area contributed by atoms with Gasteiger partial charge >= 0.3 is 0 Å². The molecule has 1 N–H and O–H groups in total. The van der Waals surface area contributed by atoms with Gasteiger partial charge in [0, 0.05) is 18.2 Å². The smallest absolute Gasteiger partial charge is 0.163 e. The predicted octanol–water partition coefficient (Wildman–Crippen LogP) is 0.744. The number of aryl methyl sites for hydroxylation is 1. The summed E-state index contributed by atoms with van der Waals surface area (Å²) in [6, 6.07) is 1.93. The summed E-state index contributed by atoms with van der Waals surface area (Å²) >= 11 is 0.